The predicted molar refractivity (Wildman–Crippen MR) is 96.5 cm³/mol. The van der Waals surface area contributed by atoms with Gasteiger partial charge < -0.3 is 19.9 Å². The molecule has 1 aromatic heterocycles. The van der Waals surface area contributed by atoms with Crippen molar-refractivity contribution < 1.29 is 9.53 Å². The molecule has 2 saturated heterocycles. The summed E-state index contributed by atoms with van der Waals surface area (Å²) < 4.78 is 5.72. The summed E-state index contributed by atoms with van der Waals surface area (Å²) in [6, 6.07) is 4.07. The summed E-state index contributed by atoms with van der Waals surface area (Å²) in [4.78, 5) is 16.9. The molecule has 138 valence electrons. The van der Waals surface area contributed by atoms with Crippen molar-refractivity contribution >= 4 is 11.7 Å². The summed E-state index contributed by atoms with van der Waals surface area (Å²) in [7, 11) is 0. The third-order valence-corrected chi connectivity index (χ3v) is 4.99. The Kier molecular flexibility index (Phi) is 5.86. The number of nitrogens with one attached hydrogen (secondary N) is 1. The van der Waals surface area contributed by atoms with Crippen LogP contribution in [0.1, 0.15) is 33.6 Å². The lowest BCUT2D eigenvalue weighted by Crippen LogP contribution is -2.54. The van der Waals surface area contributed by atoms with Gasteiger partial charge in [-0.05, 0) is 45.7 Å². The van der Waals surface area contributed by atoms with Crippen molar-refractivity contribution in [2.45, 2.75) is 57.9 Å². The maximum absolute atomic E-state index is 12.7. The molecule has 1 aromatic rings. The molecular weight excluding hydrogens is 318 g/mol. The summed E-state index contributed by atoms with van der Waals surface area (Å²) in [6.07, 6.45) is 4.14. The van der Waals surface area contributed by atoms with Crippen molar-refractivity contribution in [1.82, 2.24) is 20.4 Å². The Morgan fingerprint density at radius 3 is 2.84 bits per heavy atom. The van der Waals surface area contributed by atoms with Crippen molar-refractivity contribution in [2.75, 3.05) is 31.1 Å². The molecule has 0 aromatic carbocycles. The van der Waals surface area contributed by atoms with E-state index in [0.717, 1.165) is 31.7 Å². The first-order chi connectivity index (χ1) is 12.0. The molecular formula is C18H29N5O2. The molecule has 4 atom stereocenters. The maximum atomic E-state index is 12.7. The molecule has 1 N–H and O–H groups in total. The summed E-state index contributed by atoms with van der Waals surface area (Å²) in [5.74, 6) is 1.08. The van der Waals surface area contributed by atoms with Crippen LogP contribution >= 0.6 is 0 Å². The fourth-order valence-electron chi connectivity index (χ4n) is 3.83. The van der Waals surface area contributed by atoms with E-state index in [2.05, 4.69) is 20.4 Å². The van der Waals surface area contributed by atoms with Crippen molar-refractivity contribution in [2.24, 2.45) is 0 Å². The van der Waals surface area contributed by atoms with Gasteiger partial charge in [0.1, 0.15) is 0 Å². The average molecular weight is 347 g/mol. The highest BCUT2D eigenvalue weighted by molar-refractivity contribution is 5.81. The van der Waals surface area contributed by atoms with Gasteiger partial charge in [0.15, 0.2) is 5.82 Å². The second-order valence-corrected chi connectivity index (χ2v) is 7.20. The van der Waals surface area contributed by atoms with E-state index in [0.29, 0.717) is 19.1 Å². The normalized spacial score (nSPS) is 28.2. The number of hydrogen-bond donors (Lipinski definition) is 1. The number of anilines is 1. The van der Waals surface area contributed by atoms with Crippen LogP contribution in [-0.4, -0.2) is 71.5 Å². The second-order valence-electron chi connectivity index (χ2n) is 7.20. The van der Waals surface area contributed by atoms with Crippen LogP contribution in [0.3, 0.4) is 0 Å². The van der Waals surface area contributed by atoms with Crippen LogP contribution < -0.4 is 10.2 Å². The van der Waals surface area contributed by atoms with Gasteiger partial charge in [-0.2, -0.15) is 5.10 Å². The molecule has 7 nitrogen and oxygen atoms in total. The number of nitrogens with zero attached hydrogens (tertiary/aromatic N) is 4. The SMILES string of the molecule is C[C@@H]1CN(C(=O)[C@H](C)NC[C@@H]2CCCN2c2cccnn2)C[C@H](C)O1. The van der Waals surface area contributed by atoms with Crippen LogP contribution in [0.4, 0.5) is 5.82 Å². The van der Waals surface area contributed by atoms with Crippen LogP contribution in [0.2, 0.25) is 0 Å². The number of carbonyl (C=O) groups is 1. The third-order valence-electron chi connectivity index (χ3n) is 4.99. The molecule has 2 aliphatic rings. The van der Waals surface area contributed by atoms with Crippen molar-refractivity contribution in [3.05, 3.63) is 18.3 Å². The number of ether oxygens (including phenoxy) is 1. The number of amides is 1. The lowest BCUT2D eigenvalue weighted by atomic mass is 10.1. The molecule has 3 heterocycles. The zero-order valence-electron chi connectivity index (χ0n) is 15.4. The van der Waals surface area contributed by atoms with Gasteiger partial charge in [0.05, 0.1) is 18.2 Å². The van der Waals surface area contributed by atoms with E-state index in [1.54, 1.807) is 6.20 Å². The van der Waals surface area contributed by atoms with Crippen LogP contribution in [0.5, 0.6) is 0 Å². The first kappa shape index (κ1) is 18.1. The Balaban J connectivity index is 1.53. The minimum absolute atomic E-state index is 0.0990. The van der Waals surface area contributed by atoms with Crippen LogP contribution in [0.25, 0.3) is 0 Å². The van der Waals surface area contributed by atoms with E-state index >= 15 is 0 Å². The first-order valence-corrected chi connectivity index (χ1v) is 9.26. The standard InChI is InChI=1S/C18H29N5O2/c1-13-11-22(12-14(2)25-13)18(24)15(3)19-10-16-6-5-9-23(16)17-7-4-8-20-21-17/h4,7-8,13-16,19H,5-6,9-12H2,1-3H3/t13-,14+,15-,16-/m0/s1. The Bertz CT molecular complexity index is 560. The van der Waals surface area contributed by atoms with Gasteiger partial charge in [-0.15, -0.1) is 5.10 Å². The number of aromatic nitrogens is 2. The minimum Gasteiger partial charge on any atom is -0.372 e. The summed E-state index contributed by atoms with van der Waals surface area (Å²) in [5.41, 5.74) is 0. The highest BCUT2D eigenvalue weighted by Gasteiger charge is 2.30. The molecule has 0 saturated carbocycles. The molecule has 2 fully saturated rings. The Morgan fingerprint density at radius 2 is 2.16 bits per heavy atom. The topological polar surface area (TPSA) is 70.6 Å². The summed E-state index contributed by atoms with van der Waals surface area (Å²) in [5, 5.41) is 11.6. The molecule has 25 heavy (non-hydrogen) atoms. The summed E-state index contributed by atoms with van der Waals surface area (Å²) >= 11 is 0. The van der Waals surface area contributed by atoms with E-state index in [1.165, 1.54) is 0 Å². The number of hydrogen-bond acceptors (Lipinski definition) is 6. The van der Waals surface area contributed by atoms with Gasteiger partial charge in [0, 0.05) is 38.4 Å². The van der Waals surface area contributed by atoms with Gasteiger partial charge in [0.2, 0.25) is 5.91 Å². The molecule has 1 amide bonds. The van der Waals surface area contributed by atoms with Crippen molar-refractivity contribution in [3.8, 4) is 0 Å². The highest BCUT2D eigenvalue weighted by atomic mass is 16.5. The van der Waals surface area contributed by atoms with Gasteiger partial charge in [0.25, 0.3) is 0 Å². The Labute approximate surface area is 149 Å². The lowest BCUT2D eigenvalue weighted by Gasteiger charge is -2.37. The highest BCUT2D eigenvalue weighted by Crippen LogP contribution is 2.22. The molecule has 2 aliphatic heterocycles. The molecule has 0 bridgehead atoms. The zero-order chi connectivity index (χ0) is 17.8. The quantitative estimate of drug-likeness (QED) is 0.859. The van der Waals surface area contributed by atoms with E-state index in [-0.39, 0.29) is 24.2 Å². The largest absolute Gasteiger partial charge is 0.372 e. The van der Waals surface area contributed by atoms with Crippen LogP contribution in [0, 0.1) is 0 Å². The Hall–Kier alpha value is -1.73. The van der Waals surface area contributed by atoms with Crippen LogP contribution in [-0.2, 0) is 9.53 Å². The molecule has 3 rings (SSSR count). The first-order valence-electron chi connectivity index (χ1n) is 9.26. The van der Waals surface area contributed by atoms with Crippen molar-refractivity contribution in [3.63, 3.8) is 0 Å². The van der Waals surface area contributed by atoms with Gasteiger partial charge >= 0.3 is 0 Å². The van der Waals surface area contributed by atoms with E-state index in [4.69, 9.17) is 4.74 Å². The maximum Gasteiger partial charge on any atom is 0.239 e. The monoisotopic (exact) mass is 347 g/mol. The van der Waals surface area contributed by atoms with E-state index in [1.807, 2.05) is 37.8 Å². The molecule has 0 spiro atoms. The van der Waals surface area contributed by atoms with Crippen molar-refractivity contribution in [1.29, 1.82) is 0 Å². The molecule has 7 heteroatoms. The van der Waals surface area contributed by atoms with Crippen LogP contribution in [0.15, 0.2) is 18.3 Å². The Morgan fingerprint density at radius 1 is 1.40 bits per heavy atom. The fraction of sp³-hybridized carbons (Fsp3) is 0.722. The fourth-order valence-corrected chi connectivity index (χ4v) is 3.83. The number of carbonyl (C=O) groups excluding carboxylic acids is 1. The predicted octanol–water partition coefficient (Wildman–Crippen LogP) is 1.06. The number of rotatable bonds is 5. The second kappa shape index (κ2) is 8.10. The number of morpholine rings is 1. The molecule has 0 aliphatic carbocycles. The average Bonchev–Trinajstić information content (AvgIpc) is 3.07. The smallest absolute Gasteiger partial charge is 0.239 e. The minimum atomic E-state index is -0.193. The zero-order valence-corrected chi connectivity index (χ0v) is 15.4. The van der Waals surface area contributed by atoms with Gasteiger partial charge in [-0.1, -0.05) is 0 Å². The van der Waals surface area contributed by atoms with E-state index < -0.39 is 0 Å². The molecule has 0 unspecified atom stereocenters. The van der Waals surface area contributed by atoms with Gasteiger partial charge in [-0.25, -0.2) is 0 Å². The van der Waals surface area contributed by atoms with E-state index in [9.17, 15) is 4.79 Å². The lowest BCUT2D eigenvalue weighted by molar-refractivity contribution is -0.144. The summed E-state index contributed by atoms with van der Waals surface area (Å²) in [6.45, 7) is 9.10. The van der Waals surface area contributed by atoms with Gasteiger partial charge in [-0.3, -0.25) is 4.79 Å². The third kappa shape index (κ3) is 4.46. The molecule has 0 radical (unpaired) electrons.